The van der Waals surface area contributed by atoms with Gasteiger partial charge in [0, 0.05) is 37.0 Å². The van der Waals surface area contributed by atoms with E-state index >= 15 is 4.39 Å². The second-order valence-corrected chi connectivity index (χ2v) is 11.3. The highest BCUT2D eigenvalue weighted by atomic mass is 32.1. The van der Waals surface area contributed by atoms with Crippen molar-refractivity contribution >= 4 is 17.2 Å². The van der Waals surface area contributed by atoms with Crippen LogP contribution in [0, 0.1) is 0 Å². The zero-order valence-electron chi connectivity index (χ0n) is 21.9. The fourth-order valence-electron chi connectivity index (χ4n) is 5.25. The number of para-hydroxylation sites is 1. The highest BCUT2D eigenvalue weighted by molar-refractivity contribution is 7.10. The first kappa shape index (κ1) is 27.0. The third-order valence-corrected chi connectivity index (χ3v) is 8.36. The van der Waals surface area contributed by atoms with Gasteiger partial charge in [-0.1, -0.05) is 24.3 Å². The standard InChI is InChI=1S/C28H40FN3O3S/c1-20(2)32-19-28(35-21(3)27(32)33)13-16-31(18-26(28)29)15-12-22-8-5-6-9-23(22)34-24(11-14-30-4)25-10-7-17-36-25/h5-10,17,20-21,24,26,30H,11-16,18-19H2,1-4H3/t21-,24-,26-,28-/m1/s1. The average molecular weight is 518 g/mol. The number of carbonyl (C=O) groups excluding carboxylic acids is 1. The molecule has 1 amide bonds. The van der Waals surface area contributed by atoms with E-state index in [1.165, 1.54) is 4.88 Å². The number of alkyl halides is 1. The Labute approximate surface area is 218 Å². The summed E-state index contributed by atoms with van der Waals surface area (Å²) < 4.78 is 28.2. The zero-order valence-corrected chi connectivity index (χ0v) is 22.7. The number of ether oxygens (including phenoxy) is 2. The maximum atomic E-state index is 15.6. The lowest BCUT2D eigenvalue weighted by Gasteiger charge is -2.51. The van der Waals surface area contributed by atoms with Gasteiger partial charge >= 0.3 is 0 Å². The fraction of sp³-hybridized carbons (Fsp3) is 0.607. The summed E-state index contributed by atoms with van der Waals surface area (Å²) >= 11 is 1.72. The van der Waals surface area contributed by atoms with E-state index in [0.29, 0.717) is 19.5 Å². The minimum atomic E-state index is -1.14. The summed E-state index contributed by atoms with van der Waals surface area (Å²) in [5.41, 5.74) is 0.231. The smallest absolute Gasteiger partial charge is 0.251 e. The second kappa shape index (κ2) is 12.0. The van der Waals surface area contributed by atoms with E-state index in [1.807, 2.05) is 39.1 Å². The zero-order chi connectivity index (χ0) is 25.7. The molecule has 1 aromatic heterocycles. The molecule has 2 aliphatic heterocycles. The molecular formula is C28H40FN3O3S. The third kappa shape index (κ3) is 6.10. The van der Waals surface area contributed by atoms with Crippen LogP contribution in [-0.2, 0) is 16.0 Å². The Morgan fingerprint density at radius 1 is 1.28 bits per heavy atom. The molecular weight excluding hydrogens is 477 g/mol. The number of likely N-dealkylation sites (tertiary alicyclic amines) is 1. The molecule has 2 saturated heterocycles. The molecule has 4 atom stereocenters. The van der Waals surface area contributed by atoms with Crippen molar-refractivity contribution in [3.63, 3.8) is 0 Å². The topological polar surface area (TPSA) is 54.0 Å². The first-order valence-corrected chi connectivity index (χ1v) is 14.0. The van der Waals surface area contributed by atoms with Crippen molar-refractivity contribution in [1.29, 1.82) is 0 Å². The lowest BCUT2D eigenvalue weighted by molar-refractivity contribution is -0.209. The van der Waals surface area contributed by atoms with Crippen LogP contribution in [0.15, 0.2) is 41.8 Å². The summed E-state index contributed by atoms with van der Waals surface area (Å²) in [4.78, 5) is 17.7. The SMILES string of the molecule is CNCC[C@@H](Oc1ccccc1CCN1CC[C@@]2(CN(C(C)C)C(=O)[C@@H](C)O2)[C@H](F)C1)c1cccs1. The van der Waals surface area contributed by atoms with Gasteiger partial charge in [0.1, 0.15) is 29.7 Å². The van der Waals surface area contributed by atoms with Crippen LogP contribution in [-0.4, -0.2) is 79.4 Å². The first-order chi connectivity index (χ1) is 17.3. The molecule has 0 saturated carbocycles. The molecule has 1 N–H and O–H groups in total. The minimum Gasteiger partial charge on any atom is -0.485 e. The van der Waals surface area contributed by atoms with Crippen molar-refractivity contribution in [3.8, 4) is 5.75 Å². The van der Waals surface area contributed by atoms with Crippen molar-refractivity contribution in [3.05, 3.63) is 52.2 Å². The van der Waals surface area contributed by atoms with Crippen LogP contribution in [0.25, 0.3) is 0 Å². The summed E-state index contributed by atoms with van der Waals surface area (Å²) in [6.45, 7) is 8.72. The molecule has 1 spiro atoms. The molecule has 0 radical (unpaired) electrons. The Kier molecular flexibility index (Phi) is 9.04. The van der Waals surface area contributed by atoms with Gasteiger partial charge in [0.25, 0.3) is 5.91 Å². The fourth-order valence-corrected chi connectivity index (χ4v) is 6.03. The van der Waals surface area contributed by atoms with E-state index in [-0.39, 0.29) is 18.1 Å². The van der Waals surface area contributed by atoms with Crippen LogP contribution < -0.4 is 10.1 Å². The molecule has 0 aliphatic carbocycles. The van der Waals surface area contributed by atoms with Crippen molar-refractivity contribution in [2.45, 2.75) is 70.1 Å². The average Bonchev–Trinajstić information content (AvgIpc) is 3.40. The van der Waals surface area contributed by atoms with E-state index in [9.17, 15) is 4.79 Å². The minimum absolute atomic E-state index is 0.000667. The van der Waals surface area contributed by atoms with Gasteiger partial charge in [0.05, 0.1) is 6.54 Å². The van der Waals surface area contributed by atoms with Gasteiger partial charge in [0.15, 0.2) is 0 Å². The maximum absolute atomic E-state index is 15.6. The Bertz CT molecular complexity index is 988. The summed E-state index contributed by atoms with van der Waals surface area (Å²) in [6.07, 6.45) is 0.510. The van der Waals surface area contributed by atoms with Crippen molar-refractivity contribution < 1.29 is 18.7 Å². The molecule has 8 heteroatoms. The van der Waals surface area contributed by atoms with Gasteiger partial charge in [-0.05, 0) is 70.3 Å². The molecule has 198 valence electrons. The lowest BCUT2D eigenvalue weighted by atomic mass is 9.86. The van der Waals surface area contributed by atoms with E-state index < -0.39 is 17.9 Å². The molecule has 2 aromatic rings. The summed E-state index contributed by atoms with van der Waals surface area (Å²) in [5, 5.41) is 5.31. The predicted molar refractivity (Wildman–Crippen MR) is 142 cm³/mol. The molecule has 2 fully saturated rings. The van der Waals surface area contributed by atoms with E-state index in [0.717, 1.165) is 43.8 Å². The van der Waals surface area contributed by atoms with Crippen LogP contribution in [0.4, 0.5) is 4.39 Å². The Hall–Kier alpha value is -2.00. The molecule has 0 unspecified atom stereocenters. The number of nitrogens with one attached hydrogen (secondary N) is 1. The maximum Gasteiger partial charge on any atom is 0.251 e. The Balaban J connectivity index is 1.38. The third-order valence-electron chi connectivity index (χ3n) is 7.40. The highest BCUT2D eigenvalue weighted by Crippen LogP contribution is 2.36. The number of morpholine rings is 1. The van der Waals surface area contributed by atoms with Gasteiger partial charge in [-0.15, -0.1) is 11.3 Å². The second-order valence-electron chi connectivity index (χ2n) is 10.3. The first-order valence-electron chi connectivity index (χ1n) is 13.1. The van der Waals surface area contributed by atoms with E-state index in [4.69, 9.17) is 9.47 Å². The summed E-state index contributed by atoms with van der Waals surface area (Å²) in [5.74, 6) is 0.852. The van der Waals surface area contributed by atoms with Gasteiger partial charge in [0.2, 0.25) is 0 Å². The predicted octanol–water partition coefficient (Wildman–Crippen LogP) is 4.46. The van der Waals surface area contributed by atoms with Crippen molar-refractivity contribution in [2.75, 3.05) is 39.8 Å². The quantitative estimate of drug-likeness (QED) is 0.504. The van der Waals surface area contributed by atoms with Crippen LogP contribution in [0.1, 0.15) is 50.2 Å². The number of benzene rings is 1. The number of hydrogen-bond acceptors (Lipinski definition) is 6. The largest absolute Gasteiger partial charge is 0.485 e. The number of carbonyl (C=O) groups is 1. The number of piperidine rings is 1. The monoisotopic (exact) mass is 517 g/mol. The Morgan fingerprint density at radius 3 is 2.78 bits per heavy atom. The van der Waals surface area contributed by atoms with Crippen molar-refractivity contribution in [2.24, 2.45) is 0 Å². The van der Waals surface area contributed by atoms with Gasteiger partial charge < -0.3 is 19.7 Å². The van der Waals surface area contributed by atoms with Gasteiger partial charge in [-0.2, -0.15) is 0 Å². The molecule has 4 rings (SSSR count). The summed E-state index contributed by atoms with van der Waals surface area (Å²) in [6, 6.07) is 12.4. The summed E-state index contributed by atoms with van der Waals surface area (Å²) in [7, 11) is 1.96. The van der Waals surface area contributed by atoms with Crippen LogP contribution in [0.5, 0.6) is 5.75 Å². The van der Waals surface area contributed by atoms with Crippen LogP contribution in [0.3, 0.4) is 0 Å². The molecule has 2 aliphatic rings. The number of halogens is 1. The molecule has 1 aromatic carbocycles. The number of rotatable bonds is 10. The van der Waals surface area contributed by atoms with Gasteiger partial charge in [-0.3, -0.25) is 9.69 Å². The van der Waals surface area contributed by atoms with Crippen LogP contribution in [0.2, 0.25) is 0 Å². The molecule has 6 nitrogen and oxygen atoms in total. The van der Waals surface area contributed by atoms with E-state index in [2.05, 4.69) is 33.8 Å². The highest BCUT2D eigenvalue weighted by Gasteiger charge is 2.52. The van der Waals surface area contributed by atoms with Gasteiger partial charge in [-0.25, -0.2) is 4.39 Å². The number of nitrogens with zero attached hydrogens (tertiary/aromatic N) is 2. The Morgan fingerprint density at radius 2 is 2.08 bits per heavy atom. The number of hydrogen-bond donors (Lipinski definition) is 1. The number of amides is 1. The number of thiophene rings is 1. The molecule has 3 heterocycles. The lowest BCUT2D eigenvalue weighted by Crippen LogP contribution is -2.67. The van der Waals surface area contributed by atoms with E-state index in [1.54, 1.807) is 23.2 Å². The normalized spacial score (nSPS) is 26.1. The van der Waals surface area contributed by atoms with Crippen molar-refractivity contribution in [1.82, 2.24) is 15.1 Å². The van der Waals surface area contributed by atoms with Crippen LogP contribution >= 0.6 is 11.3 Å². The molecule has 0 bridgehead atoms. The molecule has 36 heavy (non-hydrogen) atoms.